The van der Waals surface area contributed by atoms with E-state index in [2.05, 4.69) is 0 Å². The van der Waals surface area contributed by atoms with Gasteiger partial charge in [-0.3, -0.25) is 4.90 Å². The van der Waals surface area contributed by atoms with Gasteiger partial charge in [-0.1, -0.05) is 0 Å². The summed E-state index contributed by atoms with van der Waals surface area (Å²) in [5.41, 5.74) is 0. The lowest BCUT2D eigenvalue weighted by Gasteiger charge is -2.37. The van der Waals surface area contributed by atoms with Crippen LogP contribution in [0.3, 0.4) is 0 Å². The molecule has 0 aliphatic carbocycles. The van der Waals surface area contributed by atoms with Gasteiger partial charge in [0, 0.05) is 25.4 Å². The van der Waals surface area contributed by atoms with Crippen molar-refractivity contribution < 1.29 is 18.3 Å². The molecule has 1 aliphatic heterocycles. The number of ether oxygens (including phenoxy) is 1. The van der Waals surface area contributed by atoms with E-state index in [1.54, 1.807) is 0 Å². The third-order valence-electron chi connectivity index (χ3n) is 2.59. The standard InChI is InChI=1S/C9H19NO4S/c1-8-7-14-9(6-11)5-10(8)3-4-15(2,12)13/h8-9,11H,3-7H2,1-2H3. The van der Waals surface area contributed by atoms with E-state index in [1.165, 1.54) is 6.26 Å². The molecule has 0 aromatic heterocycles. The molecule has 1 fully saturated rings. The van der Waals surface area contributed by atoms with E-state index in [-0.39, 0.29) is 24.5 Å². The predicted octanol–water partition coefficient (Wildman–Crippen LogP) is -0.887. The van der Waals surface area contributed by atoms with Crippen LogP contribution in [0, 0.1) is 0 Å². The zero-order valence-electron chi connectivity index (χ0n) is 9.22. The molecule has 1 heterocycles. The van der Waals surface area contributed by atoms with Gasteiger partial charge in [-0.25, -0.2) is 8.42 Å². The van der Waals surface area contributed by atoms with Crippen LogP contribution in [-0.4, -0.2) is 68.9 Å². The fourth-order valence-corrected chi connectivity index (χ4v) is 2.15. The number of morpholine rings is 1. The third kappa shape index (κ3) is 4.46. The molecule has 6 heteroatoms. The molecule has 15 heavy (non-hydrogen) atoms. The van der Waals surface area contributed by atoms with Crippen LogP contribution in [0.25, 0.3) is 0 Å². The van der Waals surface area contributed by atoms with Gasteiger partial charge in [-0.05, 0) is 6.92 Å². The van der Waals surface area contributed by atoms with Crippen LogP contribution in [-0.2, 0) is 14.6 Å². The number of sulfone groups is 1. The number of hydrogen-bond acceptors (Lipinski definition) is 5. The maximum Gasteiger partial charge on any atom is 0.148 e. The maximum atomic E-state index is 11.0. The van der Waals surface area contributed by atoms with E-state index in [9.17, 15) is 8.42 Å². The van der Waals surface area contributed by atoms with Crippen molar-refractivity contribution in [2.75, 3.05) is 38.3 Å². The van der Waals surface area contributed by atoms with Crippen molar-refractivity contribution in [3.05, 3.63) is 0 Å². The van der Waals surface area contributed by atoms with Crippen LogP contribution in [0.1, 0.15) is 6.92 Å². The van der Waals surface area contributed by atoms with Crippen molar-refractivity contribution in [3.63, 3.8) is 0 Å². The quantitative estimate of drug-likeness (QED) is 0.687. The monoisotopic (exact) mass is 237 g/mol. The van der Waals surface area contributed by atoms with Crippen molar-refractivity contribution >= 4 is 9.84 Å². The molecule has 0 amide bonds. The van der Waals surface area contributed by atoms with Gasteiger partial charge in [-0.15, -0.1) is 0 Å². The molecule has 1 N–H and O–H groups in total. The van der Waals surface area contributed by atoms with Crippen LogP contribution >= 0.6 is 0 Å². The van der Waals surface area contributed by atoms with Crippen molar-refractivity contribution in [1.82, 2.24) is 4.90 Å². The van der Waals surface area contributed by atoms with E-state index >= 15 is 0 Å². The average Bonchev–Trinajstić information content (AvgIpc) is 2.15. The van der Waals surface area contributed by atoms with Gasteiger partial charge in [-0.2, -0.15) is 0 Å². The topological polar surface area (TPSA) is 66.8 Å². The molecule has 1 rings (SSSR count). The van der Waals surface area contributed by atoms with Gasteiger partial charge in [0.15, 0.2) is 0 Å². The summed E-state index contributed by atoms with van der Waals surface area (Å²) in [7, 11) is -2.92. The fourth-order valence-electron chi connectivity index (χ4n) is 1.58. The van der Waals surface area contributed by atoms with Crippen molar-refractivity contribution in [1.29, 1.82) is 0 Å². The zero-order chi connectivity index (χ0) is 11.5. The van der Waals surface area contributed by atoms with Crippen LogP contribution in [0.15, 0.2) is 0 Å². The first-order valence-corrected chi connectivity index (χ1v) is 7.12. The zero-order valence-corrected chi connectivity index (χ0v) is 10.0. The Bertz CT molecular complexity index is 290. The Morgan fingerprint density at radius 2 is 2.20 bits per heavy atom. The molecule has 0 bridgehead atoms. The molecule has 0 radical (unpaired) electrons. The van der Waals surface area contributed by atoms with E-state index in [0.29, 0.717) is 19.7 Å². The summed E-state index contributed by atoms with van der Waals surface area (Å²) in [6, 6.07) is 0.217. The predicted molar refractivity (Wildman–Crippen MR) is 57.6 cm³/mol. The molecule has 1 aliphatic rings. The second-order valence-corrected chi connectivity index (χ2v) is 6.37. The Labute approximate surface area is 90.9 Å². The summed E-state index contributed by atoms with van der Waals surface area (Å²) in [5, 5.41) is 8.95. The fraction of sp³-hybridized carbons (Fsp3) is 1.00. The van der Waals surface area contributed by atoms with Crippen molar-refractivity contribution in [2.24, 2.45) is 0 Å². The van der Waals surface area contributed by atoms with Crippen LogP contribution in [0.4, 0.5) is 0 Å². The third-order valence-corrected chi connectivity index (χ3v) is 3.51. The van der Waals surface area contributed by atoms with E-state index in [4.69, 9.17) is 9.84 Å². The number of nitrogens with zero attached hydrogens (tertiary/aromatic N) is 1. The van der Waals surface area contributed by atoms with Gasteiger partial charge < -0.3 is 9.84 Å². The summed E-state index contributed by atoms with van der Waals surface area (Å²) in [4.78, 5) is 2.05. The van der Waals surface area contributed by atoms with E-state index in [1.807, 2.05) is 11.8 Å². The number of hydrogen-bond donors (Lipinski definition) is 1. The highest BCUT2D eigenvalue weighted by molar-refractivity contribution is 7.90. The molecule has 90 valence electrons. The van der Waals surface area contributed by atoms with Gasteiger partial charge in [0.05, 0.1) is 25.1 Å². The SMILES string of the molecule is CC1COC(CO)CN1CCS(C)(=O)=O. The summed E-state index contributed by atoms with van der Waals surface area (Å²) < 4.78 is 27.4. The second kappa shape index (κ2) is 5.25. The summed E-state index contributed by atoms with van der Waals surface area (Å²) in [5.74, 6) is 0.162. The Morgan fingerprint density at radius 3 is 2.73 bits per heavy atom. The lowest BCUT2D eigenvalue weighted by Crippen LogP contribution is -2.50. The molecule has 0 spiro atoms. The highest BCUT2D eigenvalue weighted by Crippen LogP contribution is 2.11. The lowest BCUT2D eigenvalue weighted by molar-refractivity contribution is -0.0758. The molecule has 0 aromatic carbocycles. The van der Waals surface area contributed by atoms with Crippen LogP contribution < -0.4 is 0 Å². The minimum atomic E-state index is -2.92. The van der Waals surface area contributed by atoms with Gasteiger partial charge in [0.2, 0.25) is 0 Å². The molecule has 2 atom stereocenters. The number of aliphatic hydroxyl groups is 1. The normalized spacial score (nSPS) is 29.3. The van der Waals surface area contributed by atoms with E-state index < -0.39 is 9.84 Å². The minimum Gasteiger partial charge on any atom is -0.394 e. The summed E-state index contributed by atoms with van der Waals surface area (Å²) in [6.07, 6.45) is 1.06. The Kier molecular flexibility index (Phi) is 4.51. The average molecular weight is 237 g/mol. The van der Waals surface area contributed by atoms with Crippen molar-refractivity contribution in [2.45, 2.75) is 19.1 Å². The first kappa shape index (κ1) is 12.9. The first-order valence-electron chi connectivity index (χ1n) is 5.06. The number of rotatable bonds is 4. The highest BCUT2D eigenvalue weighted by atomic mass is 32.2. The summed E-state index contributed by atoms with van der Waals surface area (Å²) in [6.45, 7) is 3.65. The molecular weight excluding hydrogens is 218 g/mol. The van der Waals surface area contributed by atoms with Gasteiger partial charge in [0.1, 0.15) is 9.84 Å². The van der Waals surface area contributed by atoms with E-state index in [0.717, 1.165) is 0 Å². The number of aliphatic hydroxyl groups excluding tert-OH is 1. The molecular formula is C9H19NO4S. The highest BCUT2D eigenvalue weighted by Gasteiger charge is 2.25. The molecule has 0 aromatic rings. The molecule has 1 saturated heterocycles. The smallest absolute Gasteiger partial charge is 0.148 e. The summed E-state index contributed by atoms with van der Waals surface area (Å²) >= 11 is 0. The van der Waals surface area contributed by atoms with Crippen LogP contribution in [0.5, 0.6) is 0 Å². The lowest BCUT2D eigenvalue weighted by atomic mass is 10.2. The van der Waals surface area contributed by atoms with Gasteiger partial charge in [0.25, 0.3) is 0 Å². The Balaban J connectivity index is 2.44. The second-order valence-electron chi connectivity index (χ2n) is 4.11. The molecule has 2 unspecified atom stereocenters. The minimum absolute atomic E-state index is 0.0118. The first-order chi connectivity index (χ1) is 6.92. The largest absolute Gasteiger partial charge is 0.394 e. The van der Waals surface area contributed by atoms with Crippen LogP contribution in [0.2, 0.25) is 0 Å². The molecule has 0 saturated carbocycles. The Morgan fingerprint density at radius 1 is 1.53 bits per heavy atom. The maximum absolute atomic E-state index is 11.0. The van der Waals surface area contributed by atoms with Crippen molar-refractivity contribution in [3.8, 4) is 0 Å². The van der Waals surface area contributed by atoms with Gasteiger partial charge >= 0.3 is 0 Å². The molecule has 5 nitrogen and oxygen atoms in total. The Hall–Kier alpha value is -0.170.